The van der Waals surface area contributed by atoms with Crippen LogP contribution in [0.3, 0.4) is 0 Å². The number of hydrogen-bond acceptors (Lipinski definition) is 6. The fourth-order valence-corrected chi connectivity index (χ4v) is 31.2. The van der Waals surface area contributed by atoms with Gasteiger partial charge in [0.05, 0.1) is 0 Å². The average Bonchev–Trinajstić information content (AvgIpc) is 0.716. The first-order valence-corrected chi connectivity index (χ1v) is 46.1. The molecule has 0 saturated carbocycles. The zero-order valence-electron chi connectivity index (χ0n) is 57.8. The van der Waals surface area contributed by atoms with Crippen LogP contribution in [0.5, 0.6) is 11.5 Å². The molecule has 24 rings (SSSR count). The predicted molar refractivity (Wildman–Crippen MR) is 463 cm³/mol. The molecule has 0 atom stereocenters. The minimum atomic E-state index is -0.654. The summed E-state index contributed by atoms with van der Waals surface area (Å²) in [5.41, 5.74) is 24.3. The fourth-order valence-electron chi connectivity index (χ4n) is 18.2. The summed E-state index contributed by atoms with van der Waals surface area (Å²) in [6.45, 7) is -0.378. The Hall–Kier alpha value is -10.4. The Kier molecular flexibility index (Phi) is 14.2. The zero-order chi connectivity index (χ0) is 70.4. The second-order valence-corrected chi connectivity index (χ2v) is 41.0. The van der Waals surface area contributed by atoms with Gasteiger partial charge in [0.15, 0.2) is 0 Å². The topological polar surface area (TPSA) is 25.4 Å². The van der Waals surface area contributed by atoms with E-state index in [1.807, 2.05) is 0 Å². The number of para-hydroxylation sites is 5. The Labute approximate surface area is 663 Å². The average molecular weight is 1830 g/mol. The molecule has 0 spiro atoms. The quantitative estimate of drug-likeness (QED) is 0.134. The third-order valence-electron chi connectivity index (χ3n) is 22.8. The SMILES string of the molecule is c1ccc(N(c2cc3c4c(c2)N(c2ccc5c(c2)[te]c2ccccc25)c2ccccc2B4c2cc4c(cc2O3)N(c2ccccc2)c2cc(N(c3ccccc3)c3ccc5c(c3)[te]c3ccccc35)cc3c2B4c2ccccc2N3c2ccc3c(c2)[te]c2ccccc23)c2ccc3c(c2)[te]c2ccccc23)cc1. The predicted octanol–water partition coefficient (Wildman–Crippen LogP) is 20.6. The number of hydrogen-bond donors (Lipinski definition) is 0. The summed E-state index contributed by atoms with van der Waals surface area (Å²) in [6, 6.07) is 132. The van der Waals surface area contributed by atoms with Gasteiger partial charge in [-0.05, 0) is 0 Å². The normalized spacial score (nSPS) is 13.2. The molecule has 108 heavy (non-hydrogen) atoms. The molecule has 8 heterocycles. The van der Waals surface area contributed by atoms with Gasteiger partial charge in [0.2, 0.25) is 0 Å². The number of benzene rings is 16. The molecule has 0 N–H and O–H groups in total. The molecule has 0 radical (unpaired) electrons. The molecule has 0 bridgehead atoms. The first-order valence-electron chi connectivity index (χ1n) is 36.7. The molecule has 0 fully saturated rings. The first-order chi connectivity index (χ1) is 53.5. The second kappa shape index (κ2) is 24.6. The van der Waals surface area contributed by atoms with Crippen molar-refractivity contribution in [3.8, 4) is 11.5 Å². The molecule has 0 aliphatic carbocycles. The maximum atomic E-state index is 8.03. The molecule has 0 unspecified atom stereocenters. The van der Waals surface area contributed by atoms with Crippen molar-refractivity contribution in [1.82, 2.24) is 0 Å². The summed E-state index contributed by atoms with van der Waals surface area (Å²) in [5, 5.41) is 11.0. The van der Waals surface area contributed by atoms with Gasteiger partial charge in [-0.25, -0.2) is 0 Å². The molecule has 4 aliphatic rings. The summed E-state index contributed by atoms with van der Waals surface area (Å²) >= 11 is -2.56. The molecule has 6 nitrogen and oxygen atoms in total. The number of ether oxygens (including phenoxy) is 1. The van der Waals surface area contributed by atoms with Gasteiger partial charge >= 0.3 is 670 Å². The molecule has 12 heteroatoms. The third-order valence-corrected chi connectivity index (χ3v) is 35.7. The molecule has 502 valence electrons. The summed E-state index contributed by atoms with van der Waals surface area (Å²) < 4.78 is 19.9. The molecule has 20 aromatic rings. The Morgan fingerprint density at radius 3 is 1.06 bits per heavy atom. The van der Waals surface area contributed by atoms with Gasteiger partial charge in [-0.1, -0.05) is 0 Å². The Morgan fingerprint density at radius 1 is 0.213 bits per heavy atom. The van der Waals surface area contributed by atoms with Crippen LogP contribution in [0.4, 0.5) is 85.3 Å². The standard InChI is InChI=1S/C96H57B2N5OTe4/c1-4-22-58(23-5-1)99(61-40-44-71-67-28-10-18-36-87(67)105-91(71)52-61)65-48-82-95-83(49-65)102(63-42-46-73-69-30-12-20-38-89(69)107-93(73)54-63)79-34-16-14-32-75(79)97(95)77-56-78-85(57-81(77)101(82)60-26-8-3-9-27-60)104-86-51-66(100(59-24-6-2-7-25-59)62-41-45-72-68-29-11-19-37-88(68)106-92(72)53-62)50-84-96(86)98(78)76-33-15-17-35-80(76)103(84)64-43-47-74-70-31-13-21-39-90(70)108-94(74)55-64/h1-57H. The van der Waals surface area contributed by atoms with E-state index in [0.29, 0.717) is 0 Å². The maximum absolute atomic E-state index is 8.03. The van der Waals surface area contributed by atoms with E-state index in [2.05, 4.69) is 370 Å². The van der Waals surface area contributed by atoms with E-state index >= 15 is 0 Å². The van der Waals surface area contributed by atoms with E-state index in [4.69, 9.17) is 4.74 Å². The molecule has 16 aromatic carbocycles. The van der Waals surface area contributed by atoms with E-state index in [1.165, 1.54) is 120 Å². The van der Waals surface area contributed by atoms with Gasteiger partial charge in [-0.3, -0.25) is 0 Å². The van der Waals surface area contributed by atoms with Gasteiger partial charge in [0.25, 0.3) is 0 Å². The summed E-state index contributed by atoms with van der Waals surface area (Å²) in [4.78, 5) is 12.8. The summed E-state index contributed by atoms with van der Waals surface area (Å²) in [5.74, 6) is 1.71. The number of nitrogens with zero attached hydrogens (tertiary/aromatic N) is 5. The van der Waals surface area contributed by atoms with Crippen LogP contribution in [0.1, 0.15) is 0 Å². The third kappa shape index (κ3) is 9.53. The van der Waals surface area contributed by atoms with Gasteiger partial charge in [0.1, 0.15) is 0 Å². The van der Waals surface area contributed by atoms with Gasteiger partial charge in [0, 0.05) is 0 Å². The van der Waals surface area contributed by atoms with E-state index in [9.17, 15) is 0 Å². The van der Waals surface area contributed by atoms with E-state index < -0.39 is 81.7 Å². The van der Waals surface area contributed by atoms with Crippen LogP contribution < -0.4 is 62.0 Å². The molecule has 0 amide bonds. The van der Waals surface area contributed by atoms with Crippen molar-refractivity contribution in [3.05, 3.63) is 346 Å². The summed E-state index contributed by atoms with van der Waals surface area (Å²) in [7, 11) is 0. The van der Waals surface area contributed by atoms with Crippen LogP contribution in [0.2, 0.25) is 0 Å². The van der Waals surface area contributed by atoms with Crippen LogP contribution in [0, 0.1) is 0 Å². The van der Waals surface area contributed by atoms with E-state index in [0.717, 1.165) is 79.5 Å². The van der Waals surface area contributed by atoms with Crippen molar-refractivity contribution < 1.29 is 4.74 Å². The van der Waals surface area contributed by atoms with Crippen molar-refractivity contribution in [2.45, 2.75) is 0 Å². The Balaban J connectivity index is 0.764. The van der Waals surface area contributed by atoms with Gasteiger partial charge < -0.3 is 0 Å². The number of anilines is 15. The van der Waals surface area contributed by atoms with E-state index in [1.54, 1.807) is 0 Å². The van der Waals surface area contributed by atoms with E-state index in [-0.39, 0.29) is 13.4 Å². The molecule has 0 saturated heterocycles. The molecular formula is C96H57B2N5OTe4. The van der Waals surface area contributed by atoms with Crippen molar-refractivity contribution >= 4 is 284 Å². The van der Waals surface area contributed by atoms with Crippen molar-refractivity contribution in [3.63, 3.8) is 0 Å². The molecular weight excluding hydrogens is 1770 g/mol. The van der Waals surface area contributed by atoms with Gasteiger partial charge in [-0.2, -0.15) is 0 Å². The van der Waals surface area contributed by atoms with Crippen LogP contribution in [-0.2, 0) is 0 Å². The molecule has 4 aliphatic heterocycles. The Bertz CT molecular complexity index is 7200. The van der Waals surface area contributed by atoms with Crippen molar-refractivity contribution in [1.29, 1.82) is 0 Å². The second-order valence-electron chi connectivity index (χ2n) is 28.6. The fraction of sp³-hybridized carbons (Fsp3) is 0. The molecule has 4 aromatic heterocycles. The zero-order valence-corrected chi connectivity index (χ0v) is 67.2. The minimum absolute atomic E-state index is 0.182. The monoisotopic (exact) mass is 1840 g/mol. The van der Waals surface area contributed by atoms with Crippen LogP contribution in [0.15, 0.2) is 346 Å². The van der Waals surface area contributed by atoms with Crippen molar-refractivity contribution in [2.24, 2.45) is 0 Å². The number of fused-ring (bicyclic) bond motifs is 20. The summed E-state index contributed by atoms with van der Waals surface area (Å²) in [6.07, 6.45) is 0. The first kappa shape index (κ1) is 62.6. The number of rotatable bonds is 9. The van der Waals surface area contributed by atoms with Crippen LogP contribution in [0.25, 0.3) is 70.3 Å². The van der Waals surface area contributed by atoms with Crippen LogP contribution in [-0.4, -0.2) is 95.1 Å². The van der Waals surface area contributed by atoms with Crippen LogP contribution >= 0.6 is 0 Å². The Morgan fingerprint density at radius 2 is 0.583 bits per heavy atom. The van der Waals surface area contributed by atoms with Crippen molar-refractivity contribution in [2.75, 3.05) is 24.5 Å². The van der Waals surface area contributed by atoms with Gasteiger partial charge in [-0.15, -0.1) is 0 Å².